The second kappa shape index (κ2) is 8.24. The van der Waals surface area contributed by atoms with Crippen LogP contribution in [0, 0.1) is 0 Å². The molecule has 0 bridgehead atoms. The van der Waals surface area contributed by atoms with Gasteiger partial charge in [0.05, 0.1) is 11.7 Å². The van der Waals surface area contributed by atoms with Crippen molar-refractivity contribution < 1.29 is 9.59 Å². The number of nitrogens with zero attached hydrogens (tertiary/aromatic N) is 1. The molecule has 0 radical (unpaired) electrons. The van der Waals surface area contributed by atoms with Gasteiger partial charge in [0.25, 0.3) is 0 Å². The summed E-state index contributed by atoms with van der Waals surface area (Å²) in [5.41, 5.74) is 7.03. The predicted molar refractivity (Wildman–Crippen MR) is 98.7 cm³/mol. The molecule has 0 spiro atoms. The van der Waals surface area contributed by atoms with Gasteiger partial charge in [0.15, 0.2) is 5.78 Å². The number of likely N-dealkylation sites (N-methyl/N-ethyl adjacent to an activating group) is 1. The Bertz CT molecular complexity index is 705. The molecule has 1 unspecified atom stereocenters. The van der Waals surface area contributed by atoms with E-state index in [0.717, 1.165) is 0 Å². The van der Waals surface area contributed by atoms with E-state index in [1.807, 2.05) is 6.07 Å². The summed E-state index contributed by atoms with van der Waals surface area (Å²) in [6, 6.07) is 13.1. The molecule has 2 rings (SSSR count). The quantitative estimate of drug-likeness (QED) is 0.804. The van der Waals surface area contributed by atoms with Crippen molar-refractivity contribution in [2.45, 2.75) is 13.0 Å². The molecule has 0 fully saturated rings. The number of hydrogen-bond donors (Lipinski definition) is 1. The number of amides is 1. The molecule has 0 aliphatic rings. The molecule has 0 saturated carbocycles. The summed E-state index contributed by atoms with van der Waals surface area (Å²) in [5.74, 6) is -0.466. The van der Waals surface area contributed by atoms with Gasteiger partial charge in [0.1, 0.15) is 0 Å². The van der Waals surface area contributed by atoms with E-state index in [1.54, 1.807) is 56.4 Å². The lowest BCUT2D eigenvalue weighted by molar-refractivity contribution is -0.119. The summed E-state index contributed by atoms with van der Waals surface area (Å²) in [5, 5.41) is 0.435. The van der Waals surface area contributed by atoms with Gasteiger partial charge in [-0.2, -0.15) is 0 Å². The molecule has 0 aliphatic heterocycles. The van der Waals surface area contributed by atoms with Crippen molar-refractivity contribution in [1.82, 2.24) is 0 Å². The molecule has 0 aliphatic carbocycles. The number of hydrogen-bond acceptors (Lipinski definition) is 3. The summed E-state index contributed by atoms with van der Waals surface area (Å²) in [7, 11) is 1.59. The Hall–Kier alpha value is -1.69. The zero-order chi connectivity index (χ0) is 16.3. The smallest absolute Gasteiger partial charge is 0.243 e. The fourth-order valence-electron chi connectivity index (χ4n) is 2.15. The van der Waals surface area contributed by atoms with Gasteiger partial charge < -0.3 is 10.6 Å². The molecule has 0 aromatic heterocycles. The number of rotatable bonds is 4. The summed E-state index contributed by atoms with van der Waals surface area (Å²) in [6.07, 6.45) is 0. The Labute approximate surface area is 151 Å². The molecule has 1 atom stereocenters. The number of halogens is 2. The molecular weight excluding hydrogens is 380 g/mol. The van der Waals surface area contributed by atoms with Crippen molar-refractivity contribution in [3.63, 3.8) is 0 Å². The number of anilines is 1. The first kappa shape index (κ1) is 19.4. The first-order valence-corrected chi connectivity index (χ1v) is 7.22. The Balaban J connectivity index is 0.00000264. The van der Waals surface area contributed by atoms with Gasteiger partial charge in [-0.1, -0.05) is 41.9 Å². The van der Waals surface area contributed by atoms with Gasteiger partial charge in [-0.25, -0.2) is 0 Å². The van der Waals surface area contributed by atoms with Gasteiger partial charge in [0, 0.05) is 23.2 Å². The molecule has 4 nitrogen and oxygen atoms in total. The lowest BCUT2D eigenvalue weighted by Gasteiger charge is -2.22. The van der Waals surface area contributed by atoms with Gasteiger partial charge in [-0.05, 0) is 25.1 Å². The highest BCUT2D eigenvalue weighted by Gasteiger charge is 2.21. The van der Waals surface area contributed by atoms with E-state index >= 15 is 0 Å². The van der Waals surface area contributed by atoms with Crippen LogP contribution in [-0.4, -0.2) is 24.8 Å². The van der Waals surface area contributed by atoms with Crippen LogP contribution in [0.2, 0.25) is 5.02 Å². The average molecular weight is 398 g/mol. The van der Waals surface area contributed by atoms with E-state index in [2.05, 4.69) is 0 Å². The van der Waals surface area contributed by atoms with Crippen LogP contribution in [0.15, 0.2) is 48.5 Å². The number of nitrogens with two attached hydrogens (primary N) is 1. The normalized spacial score (nSPS) is 11.3. The first-order valence-electron chi connectivity index (χ1n) is 6.84. The topological polar surface area (TPSA) is 63.4 Å². The number of carbonyl (C=O) groups is 2. The minimum Gasteiger partial charge on any atom is -0.320 e. The monoisotopic (exact) mass is 396 g/mol. The van der Waals surface area contributed by atoms with Crippen LogP contribution < -0.4 is 10.6 Å². The van der Waals surface area contributed by atoms with Crippen LogP contribution in [0.1, 0.15) is 22.8 Å². The molecule has 2 aromatic carbocycles. The predicted octanol–water partition coefficient (Wildman–Crippen LogP) is 3.46. The van der Waals surface area contributed by atoms with Gasteiger partial charge in [0.2, 0.25) is 5.91 Å². The van der Waals surface area contributed by atoms with Crippen LogP contribution in [0.3, 0.4) is 0 Å². The molecular formula is C17H18BrClN2O2. The Kier molecular flexibility index (Phi) is 6.94. The molecule has 0 saturated heterocycles. The highest BCUT2D eigenvalue weighted by molar-refractivity contribution is 8.93. The SMILES string of the molecule is Br.CC(N)C(=O)N(C)c1ccc(Cl)cc1C(=O)c1ccccc1. The fourth-order valence-corrected chi connectivity index (χ4v) is 2.32. The lowest BCUT2D eigenvalue weighted by Crippen LogP contribution is -2.40. The molecule has 2 aromatic rings. The maximum absolute atomic E-state index is 12.7. The van der Waals surface area contributed by atoms with Crippen molar-refractivity contribution in [2.75, 3.05) is 11.9 Å². The molecule has 2 N–H and O–H groups in total. The van der Waals surface area contributed by atoms with Crippen LogP contribution in [0.4, 0.5) is 5.69 Å². The zero-order valence-corrected chi connectivity index (χ0v) is 15.3. The highest BCUT2D eigenvalue weighted by Crippen LogP contribution is 2.26. The van der Waals surface area contributed by atoms with E-state index in [9.17, 15) is 9.59 Å². The average Bonchev–Trinajstić information content (AvgIpc) is 2.53. The van der Waals surface area contributed by atoms with Crippen molar-refractivity contribution in [3.05, 3.63) is 64.7 Å². The van der Waals surface area contributed by atoms with Crippen molar-refractivity contribution in [1.29, 1.82) is 0 Å². The number of ketones is 1. The van der Waals surface area contributed by atoms with Gasteiger partial charge >= 0.3 is 0 Å². The summed E-state index contributed by atoms with van der Waals surface area (Å²) in [4.78, 5) is 26.2. The maximum Gasteiger partial charge on any atom is 0.243 e. The third kappa shape index (κ3) is 4.41. The third-order valence-electron chi connectivity index (χ3n) is 3.32. The van der Waals surface area contributed by atoms with Crippen molar-refractivity contribution >= 4 is 46.0 Å². The lowest BCUT2D eigenvalue weighted by atomic mass is 10.0. The second-order valence-corrected chi connectivity index (χ2v) is 5.48. The van der Waals surface area contributed by atoms with Crippen molar-refractivity contribution in [2.24, 2.45) is 5.73 Å². The Morgan fingerprint density at radius 3 is 2.30 bits per heavy atom. The Morgan fingerprint density at radius 1 is 1.13 bits per heavy atom. The minimum absolute atomic E-state index is 0. The molecule has 6 heteroatoms. The summed E-state index contributed by atoms with van der Waals surface area (Å²) in [6.45, 7) is 1.60. The summed E-state index contributed by atoms with van der Waals surface area (Å²) >= 11 is 6.01. The van der Waals surface area contributed by atoms with E-state index in [0.29, 0.717) is 21.8 Å². The second-order valence-electron chi connectivity index (χ2n) is 5.04. The van der Waals surface area contributed by atoms with E-state index in [1.165, 1.54) is 4.90 Å². The minimum atomic E-state index is -0.652. The number of benzene rings is 2. The molecule has 122 valence electrons. The first-order chi connectivity index (χ1) is 10.4. The van der Waals surface area contributed by atoms with Crippen LogP contribution in [0.5, 0.6) is 0 Å². The van der Waals surface area contributed by atoms with E-state index < -0.39 is 6.04 Å². The maximum atomic E-state index is 12.7. The molecule has 1 amide bonds. The van der Waals surface area contributed by atoms with E-state index in [4.69, 9.17) is 17.3 Å². The Morgan fingerprint density at radius 2 is 1.74 bits per heavy atom. The molecule has 23 heavy (non-hydrogen) atoms. The van der Waals surface area contributed by atoms with Gasteiger partial charge in [-0.3, -0.25) is 9.59 Å². The largest absolute Gasteiger partial charge is 0.320 e. The van der Waals surface area contributed by atoms with Gasteiger partial charge in [-0.15, -0.1) is 17.0 Å². The number of carbonyl (C=O) groups excluding carboxylic acids is 2. The highest BCUT2D eigenvalue weighted by atomic mass is 79.9. The van der Waals surface area contributed by atoms with Crippen LogP contribution in [-0.2, 0) is 4.79 Å². The van der Waals surface area contributed by atoms with E-state index in [-0.39, 0.29) is 28.7 Å². The fraction of sp³-hybridized carbons (Fsp3) is 0.176. The summed E-state index contributed by atoms with van der Waals surface area (Å²) < 4.78 is 0. The zero-order valence-electron chi connectivity index (χ0n) is 12.8. The van der Waals surface area contributed by atoms with Crippen molar-refractivity contribution in [3.8, 4) is 0 Å². The standard InChI is InChI=1S/C17H17ClN2O2.BrH/c1-11(19)17(22)20(2)15-9-8-13(18)10-14(15)16(21)12-6-4-3-5-7-12;/h3-11H,19H2,1-2H3;1H. The van der Waals surface area contributed by atoms with Crippen LogP contribution >= 0.6 is 28.6 Å². The van der Waals surface area contributed by atoms with Crippen LogP contribution in [0.25, 0.3) is 0 Å². The molecule has 0 heterocycles. The third-order valence-corrected chi connectivity index (χ3v) is 3.56.